The van der Waals surface area contributed by atoms with Gasteiger partial charge in [-0.1, -0.05) is 25.1 Å². The molecule has 0 aromatic carbocycles. The minimum Gasteiger partial charge on any atom is -0.338 e. The number of likely N-dealkylation sites (tertiary alicyclic amines) is 1. The van der Waals surface area contributed by atoms with Crippen LogP contribution in [-0.4, -0.2) is 58.5 Å². The normalized spacial score (nSPS) is 26.2. The van der Waals surface area contributed by atoms with E-state index in [1.54, 1.807) is 18.0 Å². The minimum atomic E-state index is 0.0534. The Morgan fingerprint density at radius 1 is 1.50 bits per heavy atom. The highest BCUT2D eigenvalue weighted by atomic mass is 32.2. The molecule has 2 amide bonds. The van der Waals surface area contributed by atoms with Crippen molar-refractivity contribution >= 4 is 35.3 Å². The lowest BCUT2D eigenvalue weighted by Crippen LogP contribution is -2.35. The van der Waals surface area contributed by atoms with Gasteiger partial charge in [0.15, 0.2) is 0 Å². The van der Waals surface area contributed by atoms with Gasteiger partial charge in [0.25, 0.3) is 0 Å². The first-order valence-electron chi connectivity index (χ1n) is 7.13. The molecule has 2 heterocycles. The number of hydrogen-bond acceptors (Lipinski definition) is 4. The van der Waals surface area contributed by atoms with E-state index >= 15 is 0 Å². The number of amides is 2. The third-order valence-electron chi connectivity index (χ3n) is 3.64. The van der Waals surface area contributed by atoms with Gasteiger partial charge in [-0.15, -0.1) is 0 Å². The van der Waals surface area contributed by atoms with Crippen LogP contribution in [0.2, 0.25) is 0 Å². The second-order valence-corrected chi connectivity index (χ2v) is 7.65. The highest BCUT2D eigenvalue weighted by Crippen LogP contribution is 2.28. The number of rotatable bonds is 3. The first-order chi connectivity index (χ1) is 9.61. The average Bonchev–Trinajstić information content (AvgIpc) is 2.66. The van der Waals surface area contributed by atoms with Crippen molar-refractivity contribution in [2.24, 2.45) is 0 Å². The molecule has 112 valence electrons. The number of nitrogens with zero attached hydrogens (tertiary/aromatic N) is 2. The molecule has 0 aromatic rings. The molecule has 2 aliphatic rings. The fraction of sp³-hybridized carbons (Fsp3) is 0.714. The van der Waals surface area contributed by atoms with Gasteiger partial charge < -0.3 is 9.80 Å². The van der Waals surface area contributed by atoms with Gasteiger partial charge >= 0.3 is 0 Å². The summed E-state index contributed by atoms with van der Waals surface area (Å²) in [4.78, 5) is 27.4. The third-order valence-corrected chi connectivity index (χ3v) is 5.91. The smallest absolute Gasteiger partial charge is 0.249 e. The quantitative estimate of drug-likeness (QED) is 0.749. The highest BCUT2D eigenvalue weighted by Gasteiger charge is 2.26. The van der Waals surface area contributed by atoms with E-state index in [0.29, 0.717) is 11.0 Å². The lowest BCUT2D eigenvalue weighted by atomic mass is 10.2. The molecular weight excluding hydrogens is 292 g/mol. The fourth-order valence-electron chi connectivity index (χ4n) is 2.46. The molecule has 6 heteroatoms. The van der Waals surface area contributed by atoms with Crippen LogP contribution in [0.3, 0.4) is 0 Å². The summed E-state index contributed by atoms with van der Waals surface area (Å²) in [5.41, 5.74) is 0. The van der Waals surface area contributed by atoms with Crippen molar-refractivity contribution in [3.8, 4) is 0 Å². The van der Waals surface area contributed by atoms with Gasteiger partial charge in [-0.2, -0.15) is 11.8 Å². The second-order valence-electron chi connectivity index (χ2n) is 5.08. The summed E-state index contributed by atoms with van der Waals surface area (Å²) in [7, 11) is 1.74. The lowest BCUT2D eigenvalue weighted by molar-refractivity contribution is -0.126. The number of thioether (sulfide) groups is 2. The molecule has 0 N–H and O–H groups in total. The van der Waals surface area contributed by atoms with Gasteiger partial charge in [0.05, 0.1) is 10.8 Å². The third kappa shape index (κ3) is 3.95. The number of carbonyl (C=O) groups excluding carboxylic acids is 2. The van der Waals surface area contributed by atoms with Crippen molar-refractivity contribution in [3.63, 3.8) is 0 Å². The highest BCUT2D eigenvalue weighted by molar-refractivity contribution is 8.04. The van der Waals surface area contributed by atoms with Crippen LogP contribution in [0, 0.1) is 0 Å². The van der Waals surface area contributed by atoms with E-state index in [0.717, 1.165) is 30.3 Å². The zero-order chi connectivity index (χ0) is 14.5. The minimum absolute atomic E-state index is 0.0534. The van der Waals surface area contributed by atoms with E-state index in [2.05, 4.69) is 6.92 Å². The van der Waals surface area contributed by atoms with Gasteiger partial charge in [-0.25, -0.2) is 0 Å². The molecule has 0 bridgehead atoms. The first-order valence-corrected chi connectivity index (χ1v) is 9.16. The van der Waals surface area contributed by atoms with Gasteiger partial charge in [0.2, 0.25) is 11.8 Å². The molecule has 2 rings (SSSR count). The van der Waals surface area contributed by atoms with Crippen molar-refractivity contribution in [1.29, 1.82) is 0 Å². The molecule has 0 aliphatic carbocycles. The first kappa shape index (κ1) is 15.8. The van der Waals surface area contributed by atoms with Crippen LogP contribution in [0.15, 0.2) is 11.1 Å². The molecule has 20 heavy (non-hydrogen) atoms. The Morgan fingerprint density at radius 3 is 2.95 bits per heavy atom. The molecule has 1 unspecified atom stereocenters. The van der Waals surface area contributed by atoms with Gasteiger partial charge in [0.1, 0.15) is 0 Å². The van der Waals surface area contributed by atoms with Gasteiger partial charge in [-0.3, -0.25) is 9.59 Å². The van der Waals surface area contributed by atoms with Crippen LogP contribution >= 0.6 is 23.5 Å². The molecule has 0 spiro atoms. The topological polar surface area (TPSA) is 40.6 Å². The maximum absolute atomic E-state index is 12.4. The molecule has 1 atom stereocenters. The summed E-state index contributed by atoms with van der Waals surface area (Å²) in [5, 5.41) is 1.34. The zero-order valence-corrected chi connectivity index (χ0v) is 13.8. The molecule has 2 aliphatic heterocycles. The van der Waals surface area contributed by atoms with Crippen LogP contribution in [0.1, 0.15) is 26.2 Å². The lowest BCUT2D eigenvalue weighted by Gasteiger charge is -2.23. The Labute approximate surface area is 129 Å². The van der Waals surface area contributed by atoms with Gasteiger partial charge in [0, 0.05) is 31.5 Å². The number of carbonyl (C=O) groups is 2. The Kier molecular flexibility index (Phi) is 5.84. The fourth-order valence-corrected chi connectivity index (χ4v) is 4.50. The molecule has 2 fully saturated rings. The van der Waals surface area contributed by atoms with E-state index < -0.39 is 0 Å². The Morgan fingerprint density at radius 2 is 2.30 bits per heavy atom. The van der Waals surface area contributed by atoms with Crippen molar-refractivity contribution in [2.45, 2.75) is 31.4 Å². The van der Waals surface area contributed by atoms with Crippen LogP contribution in [0.25, 0.3) is 0 Å². The summed E-state index contributed by atoms with van der Waals surface area (Å²) in [5.74, 6) is 1.67. The second kappa shape index (κ2) is 7.41. The largest absolute Gasteiger partial charge is 0.338 e. The van der Waals surface area contributed by atoms with Crippen molar-refractivity contribution < 1.29 is 9.59 Å². The van der Waals surface area contributed by atoms with E-state index in [4.69, 9.17) is 0 Å². The molecule has 4 nitrogen and oxygen atoms in total. The summed E-state index contributed by atoms with van der Waals surface area (Å²) in [6.45, 7) is 3.84. The molecule has 0 radical (unpaired) electrons. The number of hydrogen-bond donors (Lipinski definition) is 0. The maximum Gasteiger partial charge on any atom is 0.249 e. The molecule has 0 aromatic heterocycles. The zero-order valence-electron chi connectivity index (χ0n) is 12.1. The van der Waals surface area contributed by atoms with Crippen LogP contribution < -0.4 is 0 Å². The Balaban J connectivity index is 2.00. The average molecular weight is 314 g/mol. The van der Waals surface area contributed by atoms with Crippen LogP contribution in [0.4, 0.5) is 0 Å². The predicted octanol–water partition coefficient (Wildman–Crippen LogP) is 2.17. The summed E-state index contributed by atoms with van der Waals surface area (Å²) >= 11 is 3.40. The summed E-state index contributed by atoms with van der Waals surface area (Å²) in [6, 6.07) is 0. The monoisotopic (exact) mass is 314 g/mol. The van der Waals surface area contributed by atoms with E-state index in [1.807, 2.05) is 16.7 Å². The van der Waals surface area contributed by atoms with E-state index in [9.17, 15) is 9.59 Å². The molecule has 2 saturated heterocycles. The van der Waals surface area contributed by atoms with Crippen molar-refractivity contribution in [2.75, 3.05) is 31.6 Å². The van der Waals surface area contributed by atoms with E-state index in [1.165, 1.54) is 24.6 Å². The predicted molar refractivity (Wildman–Crippen MR) is 85.7 cm³/mol. The molecular formula is C14H22N2O2S2. The van der Waals surface area contributed by atoms with Gasteiger partial charge in [-0.05, 0) is 18.6 Å². The molecule has 0 saturated carbocycles. The summed E-state index contributed by atoms with van der Waals surface area (Å²) in [6.07, 6.45) is 5.11. The summed E-state index contributed by atoms with van der Waals surface area (Å²) < 4.78 is 0. The van der Waals surface area contributed by atoms with E-state index in [-0.39, 0.29) is 11.8 Å². The van der Waals surface area contributed by atoms with Crippen LogP contribution in [0.5, 0.6) is 0 Å². The Bertz CT molecular complexity index is 412. The maximum atomic E-state index is 12.4. The SMILES string of the molecule is CCSC1CCCCN(C(=O)/C=C2/SCC(=O)N2C)C1. The van der Waals surface area contributed by atoms with Crippen LogP contribution in [-0.2, 0) is 9.59 Å². The Hall–Kier alpha value is -0.620. The standard InChI is InChI=1S/C14H22N2O2S2/c1-3-19-11-6-4-5-7-16(9-11)12(17)8-14-15(2)13(18)10-20-14/h8,11H,3-7,9-10H2,1-2H3/b14-8+. The van der Waals surface area contributed by atoms with Crippen molar-refractivity contribution in [1.82, 2.24) is 9.80 Å². The van der Waals surface area contributed by atoms with Crippen molar-refractivity contribution in [3.05, 3.63) is 11.1 Å².